The van der Waals surface area contributed by atoms with Gasteiger partial charge in [-0.25, -0.2) is 0 Å². The van der Waals surface area contributed by atoms with Gasteiger partial charge in [-0.05, 0) is 6.92 Å². The van der Waals surface area contributed by atoms with E-state index in [0.29, 0.717) is 5.41 Å². The van der Waals surface area contributed by atoms with Crippen LogP contribution in [0.5, 0.6) is 0 Å². The van der Waals surface area contributed by atoms with Crippen LogP contribution in [0.25, 0.3) is 0 Å². The van der Waals surface area contributed by atoms with Crippen LogP contribution in [0.4, 0.5) is 0 Å². The maximum Gasteiger partial charge on any atom is 0.0576 e. The summed E-state index contributed by atoms with van der Waals surface area (Å²) in [6.45, 7) is 7.67. The Bertz CT molecular complexity index is 174. The van der Waals surface area contributed by atoms with Gasteiger partial charge < -0.3 is 10.1 Å². The highest BCUT2D eigenvalue weighted by molar-refractivity contribution is 4.97. The largest absolute Gasteiger partial charge is 0.380 e. The highest BCUT2D eigenvalue weighted by Crippen LogP contribution is 2.24. The fourth-order valence-electron chi connectivity index (χ4n) is 1.07. The number of rotatable bonds is 3. The second-order valence-electron chi connectivity index (χ2n) is 3.33. The molecule has 62 valence electrons. The average Bonchev–Trinajstić information content (AvgIpc) is 1.95. The highest BCUT2D eigenvalue weighted by atomic mass is 16.5. The molecule has 1 heterocycles. The van der Waals surface area contributed by atoms with Gasteiger partial charge >= 0.3 is 0 Å². The van der Waals surface area contributed by atoms with Crippen molar-refractivity contribution >= 4 is 0 Å². The molecule has 1 aliphatic rings. The molecule has 2 nitrogen and oxygen atoms in total. The van der Waals surface area contributed by atoms with Crippen LogP contribution in [0, 0.1) is 17.3 Å². The summed E-state index contributed by atoms with van der Waals surface area (Å²) in [5, 5.41) is 3.28. The van der Waals surface area contributed by atoms with Gasteiger partial charge in [0.25, 0.3) is 0 Å². The second-order valence-corrected chi connectivity index (χ2v) is 3.33. The molecule has 0 saturated carbocycles. The zero-order valence-electron chi connectivity index (χ0n) is 7.24. The van der Waals surface area contributed by atoms with Crippen LogP contribution in [0.2, 0.25) is 0 Å². The monoisotopic (exact) mass is 153 g/mol. The quantitative estimate of drug-likeness (QED) is 0.474. The molecule has 0 spiro atoms. The van der Waals surface area contributed by atoms with Gasteiger partial charge in [0.15, 0.2) is 0 Å². The van der Waals surface area contributed by atoms with Gasteiger partial charge in [0.1, 0.15) is 0 Å². The van der Waals surface area contributed by atoms with Crippen molar-refractivity contribution in [2.24, 2.45) is 5.41 Å². The Morgan fingerprint density at radius 3 is 2.73 bits per heavy atom. The van der Waals surface area contributed by atoms with E-state index in [0.717, 1.165) is 26.3 Å². The van der Waals surface area contributed by atoms with Crippen LogP contribution >= 0.6 is 0 Å². The topological polar surface area (TPSA) is 21.3 Å². The summed E-state index contributed by atoms with van der Waals surface area (Å²) >= 11 is 0. The lowest BCUT2D eigenvalue weighted by atomic mass is 9.89. The zero-order valence-corrected chi connectivity index (χ0v) is 7.24. The van der Waals surface area contributed by atoms with Crippen molar-refractivity contribution in [3.05, 3.63) is 0 Å². The van der Waals surface area contributed by atoms with E-state index in [1.54, 1.807) is 0 Å². The first kappa shape index (κ1) is 8.58. The molecule has 0 atom stereocenters. The molecule has 0 aromatic carbocycles. The first-order chi connectivity index (χ1) is 5.27. The van der Waals surface area contributed by atoms with Crippen molar-refractivity contribution in [2.45, 2.75) is 13.8 Å². The molecular formula is C9H15NO. The Kier molecular flexibility index (Phi) is 2.92. The number of nitrogens with one attached hydrogen (secondary N) is 1. The predicted octanol–water partition coefficient (Wildman–Crippen LogP) is 0.636. The van der Waals surface area contributed by atoms with Gasteiger partial charge in [-0.2, -0.15) is 0 Å². The fraction of sp³-hybridized carbons (Fsp3) is 0.778. The van der Waals surface area contributed by atoms with Crippen LogP contribution < -0.4 is 5.32 Å². The Morgan fingerprint density at radius 1 is 1.55 bits per heavy atom. The third-order valence-corrected chi connectivity index (χ3v) is 1.84. The van der Waals surface area contributed by atoms with Gasteiger partial charge in [-0.3, -0.25) is 0 Å². The molecule has 0 radical (unpaired) electrons. The second kappa shape index (κ2) is 3.75. The lowest BCUT2D eigenvalue weighted by molar-refractivity contribution is -0.0985. The molecule has 1 N–H and O–H groups in total. The van der Waals surface area contributed by atoms with E-state index in [2.05, 4.69) is 24.1 Å². The standard InChI is InChI=1S/C9H15NO/c1-3-4-5-10-6-9(2)7-11-8-9/h10H,5-8H2,1-2H3. The Morgan fingerprint density at radius 2 is 2.27 bits per heavy atom. The van der Waals surface area contributed by atoms with Gasteiger partial charge in [-0.15, -0.1) is 5.92 Å². The summed E-state index contributed by atoms with van der Waals surface area (Å²) in [7, 11) is 0. The molecular weight excluding hydrogens is 138 g/mol. The molecule has 0 unspecified atom stereocenters. The maximum absolute atomic E-state index is 5.12. The molecule has 0 aromatic heterocycles. The normalized spacial score (nSPS) is 19.8. The first-order valence-corrected chi connectivity index (χ1v) is 3.95. The Balaban J connectivity index is 2.05. The zero-order chi connectivity index (χ0) is 8.16. The summed E-state index contributed by atoms with van der Waals surface area (Å²) in [5.41, 5.74) is 0.370. The number of hydrogen-bond acceptors (Lipinski definition) is 2. The summed E-state index contributed by atoms with van der Waals surface area (Å²) in [6.07, 6.45) is 0. The third kappa shape index (κ3) is 2.53. The Hall–Kier alpha value is -0.520. The molecule has 1 aliphatic heterocycles. The van der Waals surface area contributed by atoms with Crippen molar-refractivity contribution < 1.29 is 4.74 Å². The van der Waals surface area contributed by atoms with Crippen molar-refractivity contribution in [2.75, 3.05) is 26.3 Å². The van der Waals surface area contributed by atoms with E-state index < -0.39 is 0 Å². The molecule has 0 bridgehead atoms. The molecule has 0 aromatic rings. The van der Waals surface area contributed by atoms with Crippen molar-refractivity contribution in [3.63, 3.8) is 0 Å². The molecule has 0 aliphatic carbocycles. The Labute approximate surface area is 68.3 Å². The minimum atomic E-state index is 0.370. The highest BCUT2D eigenvalue weighted by Gasteiger charge is 2.32. The lowest BCUT2D eigenvalue weighted by Crippen LogP contribution is -2.47. The van der Waals surface area contributed by atoms with E-state index in [1.807, 2.05) is 6.92 Å². The van der Waals surface area contributed by atoms with Crippen molar-refractivity contribution in [1.82, 2.24) is 5.32 Å². The minimum Gasteiger partial charge on any atom is -0.380 e. The predicted molar refractivity (Wildman–Crippen MR) is 45.2 cm³/mol. The summed E-state index contributed by atoms with van der Waals surface area (Å²) in [4.78, 5) is 0. The van der Waals surface area contributed by atoms with Crippen molar-refractivity contribution in [3.8, 4) is 11.8 Å². The van der Waals surface area contributed by atoms with Crippen LogP contribution in [0.3, 0.4) is 0 Å². The summed E-state index contributed by atoms with van der Waals surface area (Å²) in [5.74, 6) is 5.81. The fourth-order valence-corrected chi connectivity index (χ4v) is 1.07. The van der Waals surface area contributed by atoms with Gasteiger partial charge in [-0.1, -0.05) is 12.8 Å². The molecule has 1 fully saturated rings. The summed E-state index contributed by atoms with van der Waals surface area (Å²) < 4.78 is 5.12. The van der Waals surface area contributed by atoms with Crippen LogP contribution in [-0.4, -0.2) is 26.3 Å². The van der Waals surface area contributed by atoms with Crippen molar-refractivity contribution in [1.29, 1.82) is 0 Å². The summed E-state index contributed by atoms with van der Waals surface area (Å²) in [6, 6.07) is 0. The van der Waals surface area contributed by atoms with Crippen LogP contribution in [0.15, 0.2) is 0 Å². The number of ether oxygens (including phenoxy) is 1. The molecule has 1 rings (SSSR count). The third-order valence-electron chi connectivity index (χ3n) is 1.84. The molecule has 1 saturated heterocycles. The van der Waals surface area contributed by atoms with E-state index in [9.17, 15) is 0 Å². The van der Waals surface area contributed by atoms with E-state index in [4.69, 9.17) is 4.74 Å². The lowest BCUT2D eigenvalue weighted by Gasteiger charge is -2.38. The smallest absolute Gasteiger partial charge is 0.0576 e. The van der Waals surface area contributed by atoms with E-state index >= 15 is 0 Å². The maximum atomic E-state index is 5.12. The van der Waals surface area contributed by atoms with E-state index in [-0.39, 0.29) is 0 Å². The first-order valence-electron chi connectivity index (χ1n) is 3.95. The van der Waals surface area contributed by atoms with Crippen LogP contribution in [0.1, 0.15) is 13.8 Å². The van der Waals surface area contributed by atoms with Gasteiger partial charge in [0, 0.05) is 12.0 Å². The minimum absolute atomic E-state index is 0.370. The molecule has 0 amide bonds. The molecule has 11 heavy (non-hydrogen) atoms. The molecule has 2 heteroatoms. The van der Waals surface area contributed by atoms with Gasteiger partial charge in [0.05, 0.1) is 19.8 Å². The van der Waals surface area contributed by atoms with E-state index in [1.165, 1.54) is 0 Å². The van der Waals surface area contributed by atoms with Gasteiger partial charge in [0.2, 0.25) is 0 Å². The average molecular weight is 153 g/mol. The van der Waals surface area contributed by atoms with Crippen LogP contribution in [-0.2, 0) is 4.74 Å². The SMILES string of the molecule is CC#CCNCC1(C)COC1. The number of hydrogen-bond donors (Lipinski definition) is 1.